The van der Waals surface area contributed by atoms with Crippen LogP contribution < -0.4 is 4.74 Å². The smallest absolute Gasteiger partial charge is 0.222 e. The molecule has 27 heavy (non-hydrogen) atoms. The van der Waals surface area contributed by atoms with Crippen LogP contribution in [0, 0.1) is 23.7 Å². The van der Waals surface area contributed by atoms with Gasteiger partial charge in [-0.15, -0.1) is 5.10 Å². The summed E-state index contributed by atoms with van der Waals surface area (Å²) in [5.41, 5.74) is 3.42. The molecule has 2 aromatic carbocycles. The Morgan fingerprint density at radius 1 is 0.815 bits per heavy atom. The van der Waals surface area contributed by atoms with E-state index in [1.165, 1.54) is 37.7 Å². The third kappa shape index (κ3) is 2.50. The van der Waals surface area contributed by atoms with Gasteiger partial charge in [-0.2, -0.15) is 4.68 Å². The molecule has 1 heterocycles. The zero-order valence-corrected chi connectivity index (χ0v) is 15.3. The first-order valence-electron chi connectivity index (χ1n) is 10.1. The van der Waals surface area contributed by atoms with E-state index in [4.69, 9.17) is 4.74 Å². The van der Waals surface area contributed by atoms with Crippen molar-refractivity contribution >= 4 is 16.9 Å². The molecule has 4 aliphatic carbocycles. The molecule has 4 bridgehead atoms. The summed E-state index contributed by atoms with van der Waals surface area (Å²) in [6, 6.07) is 18.3. The van der Waals surface area contributed by atoms with Gasteiger partial charge in [0.05, 0.1) is 5.52 Å². The van der Waals surface area contributed by atoms with Crippen LogP contribution in [0.2, 0.25) is 0 Å². The number of nitrogens with zero attached hydrogens (tertiary/aromatic N) is 3. The summed E-state index contributed by atoms with van der Waals surface area (Å²) in [5, 5.41) is 8.90. The Bertz CT molecular complexity index is 990. The first-order chi connectivity index (χ1) is 13.3. The van der Waals surface area contributed by atoms with Gasteiger partial charge in [0.15, 0.2) is 0 Å². The van der Waals surface area contributed by atoms with Gasteiger partial charge in [-0.1, -0.05) is 35.5 Å². The van der Waals surface area contributed by atoms with Crippen molar-refractivity contribution in [2.24, 2.45) is 23.7 Å². The molecule has 3 aromatic rings. The van der Waals surface area contributed by atoms with Gasteiger partial charge in [0.1, 0.15) is 11.3 Å². The highest BCUT2D eigenvalue weighted by Gasteiger charge is 2.47. The molecule has 4 fully saturated rings. The minimum Gasteiger partial charge on any atom is -0.439 e. The zero-order valence-electron chi connectivity index (χ0n) is 15.3. The molecule has 1 aromatic heterocycles. The maximum Gasteiger partial charge on any atom is 0.222 e. The second-order valence-corrected chi connectivity index (χ2v) is 8.47. The highest BCUT2D eigenvalue weighted by atomic mass is 16.5. The van der Waals surface area contributed by atoms with Crippen LogP contribution in [0.25, 0.3) is 16.9 Å². The summed E-state index contributed by atoms with van der Waals surface area (Å²) in [6.07, 6.45) is 6.71. The van der Waals surface area contributed by atoms with E-state index in [2.05, 4.69) is 16.4 Å². The number of fused-ring (bicyclic) bond motifs is 1. The summed E-state index contributed by atoms with van der Waals surface area (Å²) >= 11 is 0. The van der Waals surface area contributed by atoms with Crippen molar-refractivity contribution < 1.29 is 4.74 Å². The van der Waals surface area contributed by atoms with Crippen molar-refractivity contribution in [3.05, 3.63) is 60.2 Å². The fraction of sp³-hybridized carbons (Fsp3) is 0.391. The molecule has 4 aliphatic rings. The van der Waals surface area contributed by atoms with Crippen LogP contribution >= 0.6 is 0 Å². The summed E-state index contributed by atoms with van der Waals surface area (Å²) in [5.74, 6) is 4.89. The van der Waals surface area contributed by atoms with Crippen molar-refractivity contribution in [2.45, 2.75) is 32.1 Å². The molecule has 0 unspecified atom stereocenters. The number of ether oxygens (including phenoxy) is 1. The lowest BCUT2D eigenvalue weighted by atomic mass is 9.54. The van der Waals surface area contributed by atoms with Gasteiger partial charge in [0.25, 0.3) is 0 Å². The molecule has 0 amide bonds. The van der Waals surface area contributed by atoms with Gasteiger partial charge in [-0.05, 0) is 85.6 Å². The SMILES string of the molecule is c1ccc(OC(=C2C3CC4CC(C3)CC2C4)n2nnc3ccccc32)cc1. The van der Waals surface area contributed by atoms with Gasteiger partial charge >= 0.3 is 0 Å². The topological polar surface area (TPSA) is 39.9 Å². The molecule has 0 atom stereocenters. The molecule has 4 nitrogen and oxygen atoms in total. The monoisotopic (exact) mass is 357 g/mol. The molecule has 136 valence electrons. The van der Waals surface area contributed by atoms with Crippen LogP contribution in [0.15, 0.2) is 60.2 Å². The van der Waals surface area contributed by atoms with Crippen molar-refractivity contribution in [1.29, 1.82) is 0 Å². The van der Waals surface area contributed by atoms with Gasteiger partial charge in [0.2, 0.25) is 5.88 Å². The van der Waals surface area contributed by atoms with Crippen LogP contribution in [0.3, 0.4) is 0 Å². The summed E-state index contributed by atoms with van der Waals surface area (Å²) in [6.45, 7) is 0. The summed E-state index contributed by atoms with van der Waals surface area (Å²) in [7, 11) is 0. The Hall–Kier alpha value is -2.62. The van der Waals surface area contributed by atoms with Crippen LogP contribution in [0.4, 0.5) is 0 Å². The second kappa shape index (κ2) is 5.95. The van der Waals surface area contributed by atoms with Crippen molar-refractivity contribution in [3.8, 4) is 5.75 Å². The van der Waals surface area contributed by atoms with E-state index >= 15 is 0 Å². The first-order valence-corrected chi connectivity index (χ1v) is 10.1. The Labute approximate surface area is 158 Å². The van der Waals surface area contributed by atoms with Crippen LogP contribution in [0.1, 0.15) is 32.1 Å². The van der Waals surface area contributed by atoms with Crippen LogP contribution in [0.5, 0.6) is 5.75 Å². The number of allylic oxidation sites excluding steroid dienone is 1. The average molecular weight is 357 g/mol. The number of hydrogen-bond donors (Lipinski definition) is 0. The zero-order chi connectivity index (χ0) is 17.8. The maximum atomic E-state index is 6.53. The lowest BCUT2D eigenvalue weighted by Crippen LogP contribution is -2.41. The molecule has 0 aliphatic heterocycles. The number of rotatable bonds is 3. The van der Waals surface area contributed by atoms with E-state index < -0.39 is 0 Å². The standard InChI is InChI=1S/C23H23N3O/c1-2-6-19(7-3-1)27-23(26-21-9-5-4-8-20(21)24-25-26)22-17-11-15-10-16(13-17)14-18(22)12-15/h1-9,15-18H,10-14H2. The molecule has 4 heteroatoms. The lowest BCUT2D eigenvalue weighted by Gasteiger charge is -2.51. The van der Waals surface area contributed by atoms with E-state index in [0.717, 1.165) is 34.5 Å². The highest BCUT2D eigenvalue weighted by molar-refractivity contribution is 5.77. The largest absolute Gasteiger partial charge is 0.439 e. The van der Waals surface area contributed by atoms with Crippen LogP contribution in [-0.4, -0.2) is 15.0 Å². The summed E-state index contributed by atoms with van der Waals surface area (Å²) in [4.78, 5) is 0. The Kier molecular flexibility index (Phi) is 3.40. The Morgan fingerprint density at radius 3 is 2.22 bits per heavy atom. The molecule has 7 rings (SSSR count). The van der Waals surface area contributed by atoms with Crippen LogP contribution in [-0.2, 0) is 0 Å². The molecular formula is C23H23N3O. The molecule has 0 N–H and O–H groups in total. The number of para-hydroxylation sites is 2. The third-order valence-corrected chi connectivity index (χ3v) is 6.77. The summed E-state index contributed by atoms with van der Waals surface area (Å²) < 4.78 is 8.48. The third-order valence-electron chi connectivity index (χ3n) is 6.77. The van der Waals surface area contributed by atoms with Gasteiger partial charge in [0, 0.05) is 0 Å². The molecule has 0 radical (unpaired) electrons. The normalized spacial score (nSPS) is 28.7. The predicted octanol–water partition coefficient (Wildman–Crippen LogP) is 5.14. The molecule has 0 saturated heterocycles. The number of benzene rings is 2. The Morgan fingerprint density at radius 2 is 1.48 bits per heavy atom. The van der Waals surface area contributed by atoms with E-state index in [1.807, 2.05) is 53.2 Å². The predicted molar refractivity (Wildman–Crippen MR) is 105 cm³/mol. The van der Waals surface area contributed by atoms with E-state index in [9.17, 15) is 0 Å². The van der Waals surface area contributed by atoms with E-state index in [-0.39, 0.29) is 0 Å². The maximum absolute atomic E-state index is 6.53. The van der Waals surface area contributed by atoms with Crippen molar-refractivity contribution in [2.75, 3.05) is 0 Å². The molecular weight excluding hydrogens is 334 g/mol. The number of hydrogen-bond acceptors (Lipinski definition) is 3. The fourth-order valence-corrected chi connectivity index (χ4v) is 5.88. The van der Waals surface area contributed by atoms with E-state index in [0.29, 0.717) is 11.8 Å². The quantitative estimate of drug-likeness (QED) is 0.610. The van der Waals surface area contributed by atoms with Gasteiger partial charge in [-0.25, -0.2) is 0 Å². The van der Waals surface area contributed by atoms with Crippen molar-refractivity contribution in [1.82, 2.24) is 15.0 Å². The van der Waals surface area contributed by atoms with Gasteiger partial charge in [-0.3, -0.25) is 0 Å². The fourth-order valence-electron chi connectivity index (χ4n) is 5.88. The minimum atomic E-state index is 0.642. The Balaban J connectivity index is 1.53. The molecule has 4 saturated carbocycles. The van der Waals surface area contributed by atoms with Crippen molar-refractivity contribution in [3.63, 3.8) is 0 Å². The minimum absolute atomic E-state index is 0.642. The highest BCUT2D eigenvalue weighted by Crippen LogP contribution is 2.57. The van der Waals surface area contributed by atoms with Gasteiger partial charge < -0.3 is 4.74 Å². The van der Waals surface area contributed by atoms with E-state index in [1.54, 1.807) is 0 Å². The first kappa shape index (κ1) is 15.4. The lowest BCUT2D eigenvalue weighted by molar-refractivity contribution is 0.0676. The average Bonchev–Trinajstić information content (AvgIpc) is 3.11. The number of aromatic nitrogens is 3. The molecule has 0 spiro atoms. The second-order valence-electron chi connectivity index (χ2n) is 8.47.